The molecule has 6 heteroatoms. The van der Waals surface area contributed by atoms with Gasteiger partial charge in [-0.25, -0.2) is 0 Å². The van der Waals surface area contributed by atoms with Gasteiger partial charge in [0.25, 0.3) is 5.24 Å². The molecule has 4 nitrogen and oxygen atoms in total. The van der Waals surface area contributed by atoms with Crippen LogP contribution in [0.2, 0.25) is 5.02 Å². The van der Waals surface area contributed by atoms with Gasteiger partial charge in [0.15, 0.2) is 0 Å². The summed E-state index contributed by atoms with van der Waals surface area (Å²) in [6, 6.07) is 5.33. The Morgan fingerprint density at radius 1 is 1.53 bits per heavy atom. The van der Waals surface area contributed by atoms with Gasteiger partial charge in [-0.1, -0.05) is 23.4 Å². The van der Waals surface area contributed by atoms with Gasteiger partial charge in [0.05, 0.1) is 0 Å². The molecule has 0 unspecified atom stereocenters. The molecule has 102 valence electrons. The monoisotopic (exact) mass is 298 g/mol. The third-order valence-electron chi connectivity index (χ3n) is 2.92. The molecular weight excluding hydrogens is 284 g/mol. The van der Waals surface area contributed by atoms with Crippen molar-refractivity contribution in [3.8, 4) is 0 Å². The van der Waals surface area contributed by atoms with E-state index in [1.807, 2.05) is 6.92 Å². The molecule has 1 fully saturated rings. The van der Waals surface area contributed by atoms with Crippen molar-refractivity contribution in [2.45, 2.75) is 13.3 Å². The van der Waals surface area contributed by atoms with Crippen LogP contribution >= 0.6 is 23.4 Å². The highest BCUT2D eigenvalue weighted by Crippen LogP contribution is 2.20. The lowest BCUT2D eigenvalue weighted by molar-refractivity contribution is -0.116. The lowest BCUT2D eigenvalue weighted by Crippen LogP contribution is -2.27. The number of nitrogens with one attached hydrogen (secondary N) is 1. The molecule has 2 amide bonds. The van der Waals surface area contributed by atoms with Crippen LogP contribution in [0.5, 0.6) is 0 Å². The molecule has 0 aromatic heterocycles. The Balaban J connectivity index is 1.85. The molecule has 1 aromatic rings. The first kappa shape index (κ1) is 14.2. The van der Waals surface area contributed by atoms with Crippen molar-refractivity contribution in [2.75, 3.05) is 24.2 Å². The first-order chi connectivity index (χ1) is 9.06. The second-order valence-electron chi connectivity index (χ2n) is 4.36. The number of carbonyl (C=O) groups is 2. The third kappa shape index (κ3) is 3.88. The number of thioether (sulfide) groups is 1. The molecule has 0 radical (unpaired) electrons. The van der Waals surface area contributed by atoms with Crippen molar-refractivity contribution < 1.29 is 9.59 Å². The molecule has 0 aliphatic carbocycles. The Morgan fingerprint density at radius 2 is 2.32 bits per heavy atom. The maximum absolute atomic E-state index is 11.8. The number of halogens is 1. The minimum atomic E-state index is -0.0878. The Morgan fingerprint density at radius 3 is 2.95 bits per heavy atom. The summed E-state index contributed by atoms with van der Waals surface area (Å²) in [4.78, 5) is 24.9. The highest BCUT2D eigenvalue weighted by atomic mass is 35.5. The molecule has 0 saturated carbocycles. The molecule has 1 aliphatic rings. The van der Waals surface area contributed by atoms with Crippen LogP contribution in [-0.4, -0.2) is 34.9 Å². The van der Waals surface area contributed by atoms with Crippen LogP contribution in [0.4, 0.5) is 10.5 Å². The highest BCUT2D eigenvalue weighted by Gasteiger charge is 2.21. The number of amides is 2. The van der Waals surface area contributed by atoms with Crippen molar-refractivity contribution in [2.24, 2.45) is 0 Å². The number of hydrogen-bond donors (Lipinski definition) is 1. The Hall–Kier alpha value is -1.20. The molecule has 0 atom stereocenters. The van der Waals surface area contributed by atoms with Crippen molar-refractivity contribution in [3.05, 3.63) is 28.8 Å². The van der Waals surface area contributed by atoms with Gasteiger partial charge >= 0.3 is 0 Å². The lowest BCUT2D eigenvalue weighted by atomic mass is 10.2. The smallest absolute Gasteiger partial charge is 0.281 e. The number of nitrogens with zero attached hydrogens (tertiary/aromatic N) is 1. The van der Waals surface area contributed by atoms with E-state index < -0.39 is 0 Å². The van der Waals surface area contributed by atoms with Gasteiger partial charge in [0.2, 0.25) is 5.91 Å². The number of hydrogen-bond acceptors (Lipinski definition) is 3. The van der Waals surface area contributed by atoms with Crippen LogP contribution in [0.1, 0.15) is 12.0 Å². The standard InChI is InChI=1S/C13H15ClN2O2S/c1-9-8-10(14)2-3-11(9)15-12(17)4-5-16-6-7-19-13(16)18/h2-3,8H,4-7H2,1H3,(H,15,17). The predicted molar refractivity (Wildman–Crippen MR) is 78.9 cm³/mol. The summed E-state index contributed by atoms with van der Waals surface area (Å²) in [6.45, 7) is 3.10. The average Bonchev–Trinajstić information content (AvgIpc) is 2.76. The summed E-state index contributed by atoms with van der Waals surface area (Å²) >= 11 is 7.16. The molecule has 19 heavy (non-hydrogen) atoms. The predicted octanol–water partition coefficient (Wildman–Crippen LogP) is 3.15. The van der Waals surface area contributed by atoms with Gasteiger partial charge in [-0.2, -0.15) is 0 Å². The van der Waals surface area contributed by atoms with Crippen LogP contribution in [-0.2, 0) is 4.79 Å². The molecule has 1 aliphatic heterocycles. The van der Waals surface area contributed by atoms with E-state index in [-0.39, 0.29) is 11.1 Å². The molecule has 2 rings (SSSR count). The molecular formula is C13H15ClN2O2S. The summed E-state index contributed by atoms with van der Waals surface area (Å²) < 4.78 is 0. The van der Waals surface area contributed by atoms with Crippen LogP contribution < -0.4 is 5.32 Å². The minimum Gasteiger partial charge on any atom is -0.332 e. The van der Waals surface area contributed by atoms with Crippen LogP contribution in [0.25, 0.3) is 0 Å². The van der Waals surface area contributed by atoms with Gasteiger partial charge in [0.1, 0.15) is 0 Å². The summed E-state index contributed by atoms with van der Waals surface area (Å²) in [7, 11) is 0. The Bertz CT molecular complexity index is 507. The Kier molecular flexibility index (Phi) is 4.71. The van der Waals surface area contributed by atoms with E-state index in [2.05, 4.69) is 5.32 Å². The number of aryl methyl sites for hydroxylation is 1. The number of carbonyl (C=O) groups excluding carboxylic acids is 2. The van der Waals surface area contributed by atoms with Crippen molar-refractivity contribution in [1.82, 2.24) is 4.90 Å². The first-order valence-electron chi connectivity index (χ1n) is 6.04. The summed E-state index contributed by atoms with van der Waals surface area (Å²) in [6.07, 6.45) is 0.314. The normalized spacial score (nSPS) is 14.8. The molecule has 0 spiro atoms. The van der Waals surface area contributed by atoms with E-state index in [0.29, 0.717) is 18.0 Å². The summed E-state index contributed by atoms with van der Waals surface area (Å²) in [5.41, 5.74) is 1.69. The largest absolute Gasteiger partial charge is 0.332 e. The molecule has 0 bridgehead atoms. The van der Waals surface area contributed by atoms with Gasteiger partial charge < -0.3 is 10.2 Å². The fourth-order valence-electron chi connectivity index (χ4n) is 1.85. The molecule has 1 N–H and O–H groups in total. The van der Waals surface area contributed by atoms with E-state index in [0.717, 1.165) is 23.5 Å². The zero-order valence-electron chi connectivity index (χ0n) is 10.6. The average molecular weight is 299 g/mol. The SMILES string of the molecule is Cc1cc(Cl)ccc1NC(=O)CCN1CCSC1=O. The van der Waals surface area contributed by atoms with E-state index >= 15 is 0 Å². The van der Waals surface area contributed by atoms with Gasteiger partial charge in [-0.15, -0.1) is 0 Å². The van der Waals surface area contributed by atoms with E-state index in [1.54, 1.807) is 23.1 Å². The third-order valence-corrected chi connectivity index (χ3v) is 4.04. The van der Waals surface area contributed by atoms with Crippen molar-refractivity contribution in [3.63, 3.8) is 0 Å². The molecule has 1 saturated heterocycles. The second-order valence-corrected chi connectivity index (χ2v) is 5.84. The minimum absolute atomic E-state index is 0.0653. The maximum Gasteiger partial charge on any atom is 0.281 e. The van der Waals surface area contributed by atoms with Crippen molar-refractivity contribution >= 4 is 40.2 Å². The van der Waals surface area contributed by atoms with Gasteiger partial charge in [-0.3, -0.25) is 9.59 Å². The second kappa shape index (κ2) is 6.30. The number of rotatable bonds is 4. The van der Waals surface area contributed by atoms with Gasteiger partial charge in [-0.05, 0) is 30.7 Å². The molecule has 1 aromatic carbocycles. The summed E-state index contributed by atoms with van der Waals surface area (Å²) in [5.74, 6) is 0.728. The summed E-state index contributed by atoms with van der Waals surface area (Å²) in [5, 5.41) is 3.55. The van der Waals surface area contributed by atoms with E-state index in [9.17, 15) is 9.59 Å². The highest BCUT2D eigenvalue weighted by molar-refractivity contribution is 8.13. The number of benzene rings is 1. The van der Waals surface area contributed by atoms with Crippen LogP contribution in [0, 0.1) is 6.92 Å². The lowest BCUT2D eigenvalue weighted by Gasteiger charge is -2.14. The topological polar surface area (TPSA) is 49.4 Å². The van der Waals surface area contributed by atoms with Crippen LogP contribution in [0.15, 0.2) is 18.2 Å². The molecule has 1 heterocycles. The Labute approximate surface area is 121 Å². The van der Waals surface area contributed by atoms with Gasteiger partial charge in [0, 0.05) is 36.0 Å². The van der Waals surface area contributed by atoms with E-state index in [1.165, 1.54) is 11.8 Å². The fourth-order valence-corrected chi connectivity index (χ4v) is 2.92. The number of anilines is 1. The first-order valence-corrected chi connectivity index (χ1v) is 7.40. The maximum atomic E-state index is 11.8. The van der Waals surface area contributed by atoms with Crippen LogP contribution in [0.3, 0.4) is 0 Å². The quantitative estimate of drug-likeness (QED) is 0.929. The zero-order valence-corrected chi connectivity index (χ0v) is 12.2. The zero-order chi connectivity index (χ0) is 13.8. The van der Waals surface area contributed by atoms with E-state index in [4.69, 9.17) is 11.6 Å². The van der Waals surface area contributed by atoms with Crippen molar-refractivity contribution in [1.29, 1.82) is 0 Å². The fraction of sp³-hybridized carbons (Fsp3) is 0.385.